The second-order valence-corrected chi connectivity index (χ2v) is 14.2. The second kappa shape index (κ2) is 12.4. The zero-order valence-electron chi connectivity index (χ0n) is 18.3. The van der Waals surface area contributed by atoms with Gasteiger partial charge in [-0.2, -0.15) is 0 Å². The maximum absolute atomic E-state index is 12.3. The summed E-state index contributed by atoms with van der Waals surface area (Å²) in [6.07, 6.45) is -2.23. The van der Waals surface area contributed by atoms with Gasteiger partial charge in [-0.15, -0.1) is 0 Å². The molecule has 0 radical (unpaired) electrons. The first kappa shape index (κ1) is 30.1. The Hall–Kier alpha value is -2.08. The van der Waals surface area contributed by atoms with Crippen LogP contribution in [0, 0.1) is 11.8 Å². The molecule has 1 fully saturated rings. The molecule has 1 aromatic rings. The Kier molecular flexibility index (Phi) is 10.4. The molecule has 0 amide bonds. The lowest BCUT2D eigenvalue weighted by molar-refractivity contribution is -0.0578. The van der Waals surface area contributed by atoms with Crippen molar-refractivity contribution in [2.75, 3.05) is 31.7 Å². The fourth-order valence-electron chi connectivity index (χ4n) is 3.13. The number of rotatable bonds is 11. The molecule has 0 bridgehead atoms. The third kappa shape index (κ3) is 9.42. The highest BCUT2D eigenvalue weighted by Gasteiger charge is 2.41. The largest absolute Gasteiger partial charge is 0.369 e. The summed E-state index contributed by atoms with van der Waals surface area (Å²) < 4.78 is 52.1. The molecule has 1 aliphatic heterocycles. The smallest absolute Gasteiger partial charge is 0.337 e. The van der Waals surface area contributed by atoms with Crippen LogP contribution in [0.4, 0.5) is 0 Å². The summed E-state index contributed by atoms with van der Waals surface area (Å²) in [5.74, 6) is 2.00. The van der Waals surface area contributed by atoms with Gasteiger partial charge >= 0.3 is 20.9 Å². The molecular weight excluding hydrogens is 549 g/mol. The molecule has 7 N–H and O–H groups in total. The highest BCUT2D eigenvalue weighted by atomic mass is 31.3. The van der Waals surface area contributed by atoms with Gasteiger partial charge in [0.1, 0.15) is 36.4 Å². The van der Waals surface area contributed by atoms with Crippen molar-refractivity contribution in [3.8, 4) is 11.8 Å². The molecular formula is C15H23N6O12P3. The van der Waals surface area contributed by atoms with E-state index < -0.39 is 77.4 Å². The Balaban J connectivity index is 2.23. The number of aromatic amines is 1. The molecule has 0 aliphatic carbocycles. The summed E-state index contributed by atoms with van der Waals surface area (Å²) in [6.45, 7) is -1.26. The van der Waals surface area contributed by atoms with Gasteiger partial charge in [0.25, 0.3) is 5.56 Å². The van der Waals surface area contributed by atoms with Gasteiger partial charge in [0.2, 0.25) is 7.37 Å². The van der Waals surface area contributed by atoms with E-state index in [1.165, 1.54) is 0 Å². The topological polar surface area (TPSA) is 289 Å². The van der Waals surface area contributed by atoms with Gasteiger partial charge < -0.3 is 39.3 Å². The van der Waals surface area contributed by atoms with Crippen LogP contribution < -0.4 is 17.0 Å². The zero-order chi connectivity index (χ0) is 27.1. The highest BCUT2D eigenvalue weighted by Crippen LogP contribution is 2.63. The quantitative estimate of drug-likeness (QED) is 0.0632. The van der Waals surface area contributed by atoms with Gasteiger partial charge in [-0.1, -0.05) is 17.0 Å². The van der Waals surface area contributed by atoms with Crippen molar-refractivity contribution in [3.05, 3.63) is 43.0 Å². The van der Waals surface area contributed by atoms with Crippen LogP contribution in [0.25, 0.3) is 10.4 Å². The highest BCUT2D eigenvalue weighted by molar-refractivity contribution is 7.79. The average molecular weight is 572 g/mol. The molecule has 1 aliphatic rings. The summed E-state index contributed by atoms with van der Waals surface area (Å²) in [5, 5.41) is 3.20. The fraction of sp³-hybridized carbons (Fsp3) is 0.600. The molecule has 2 heterocycles. The van der Waals surface area contributed by atoms with Gasteiger partial charge in [-0.3, -0.25) is 28.0 Å². The molecule has 21 heteroatoms. The summed E-state index contributed by atoms with van der Waals surface area (Å²) in [5.41, 5.74) is 12.0. The van der Waals surface area contributed by atoms with Crippen molar-refractivity contribution in [1.29, 1.82) is 0 Å². The molecule has 1 saturated heterocycles. The number of nitrogens with two attached hydrogens (primary N) is 1. The molecule has 5 unspecified atom stereocenters. The number of nitrogens with zero attached hydrogens (tertiary/aromatic N) is 4. The first-order valence-electron chi connectivity index (χ1n) is 9.80. The number of hydrogen-bond acceptors (Lipinski definition) is 10. The summed E-state index contributed by atoms with van der Waals surface area (Å²) in [6, 6.07) is 0. The van der Waals surface area contributed by atoms with Crippen LogP contribution in [0.2, 0.25) is 0 Å². The number of azide groups is 1. The molecule has 2 rings (SSSR count). The van der Waals surface area contributed by atoms with Crippen molar-refractivity contribution in [1.82, 2.24) is 9.55 Å². The normalized spacial score (nSPS) is 23.1. The van der Waals surface area contributed by atoms with Gasteiger partial charge in [-0.25, -0.2) is 4.79 Å². The minimum atomic E-state index is -4.96. The van der Waals surface area contributed by atoms with Gasteiger partial charge in [0.05, 0.1) is 19.3 Å². The minimum absolute atomic E-state index is 0.0522. The third-order valence-corrected chi connectivity index (χ3v) is 11.4. The van der Waals surface area contributed by atoms with E-state index in [-0.39, 0.29) is 18.5 Å². The average Bonchev–Trinajstić information content (AvgIpc) is 3.12. The minimum Gasteiger partial charge on any atom is -0.369 e. The lowest BCUT2D eigenvalue weighted by atomic mass is 10.2. The molecule has 18 nitrogen and oxygen atoms in total. The van der Waals surface area contributed by atoms with Crippen molar-refractivity contribution < 1.29 is 47.3 Å². The van der Waals surface area contributed by atoms with Crippen LogP contribution in [-0.2, 0) is 27.7 Å². The van der Waals surface area contributed by atoms with Crippen LogP contribution in [0.1, 0.15) is 18.2 Å². The number of hydrogen-bond donors (Lipinski definition) is 6. The molecule has 0 aromatic carbocycles. The van der Waals surface area contributed by atoms with E-state index in [0.29, 0.717) is 0 Å². The second-order valence-electron chi connectivity index (χ2n) is 7.37. The third-order valence-electron chi connectivity index (χ3n) is 4.44. The SMILES string of the molecule is [N-]=[N+]=NCOC1CC(n2cc(C#CCN)c(=O)[nH]c2=O)OC1COP(=O)(O)CP(=O)(O)CP(=O)(O)O. The molecule has 36 heavy (non-hydrogen) atoms. The van der Waals surface area contributed by atoms with Gasteiger partial charge in [-0.05, 0) is 5.53 Å². The van der Waals surface area contributed by atoms with Crippen LogP contribution in [-0.4, -0.2) is 73.0 Å². The van der Waals surface area contributed by atoms with Gasteiger partial charge in [0, 0.05) is 17.5 Å². The van der Waals surface area contributed by atoms with Crippen LogP contribution in [0.3, 0.4) is 0 Å². The van der Waals surface area contributed by atoms with E-state index in [4.69, 9.17) is 35.0 Å². The van der Waals surface area contributed by atoms with Crippen molar-refractivity contribution in [3.63, 3.8) is 0 Å². The zero-order valence-corrected chi connectivity index (χ0v) is 21.0. The Labute approximate surface area is 202 Å². The van der Waals surface area contributed by atoms with E-state index in [2.05, 4.69) is 26.9 Å². The Morgan fingerprint density at radius 1 is 1.28 bits per heavy atom. The molecule has 1 aromatic heterocycles. The van der Waals surface area contributed by atoms with E-state index in [1.807, 2.05) is 0 Å². The Morgan fingerprint density at radius 3 is 2.58 bits per heavy atom. The monoisotopic (exact) mass is 572 g/mol. The van der Waals surface area contributed by atoms with E-state index in [9.17, 15) is 33.1 Å². The number of nitrogens with one attached hydrogen (secondary N) is 1. The predicted molar refractivity (Wildman–Crippen MR) is 122 cm³/mol. The lowest BCUT2D eigenvalue weighted by Gasteiger charge is -2.21. The number of ether oxygens (including phenoxy) is 2. The Bertz CT molecular complexity index is 1320. The Morgan fingerprint density at radius 2 is 1.97 bits per heavy atom. The summed E-state index contributed by atoms with van der Waals surface area (Å²) >= 11 is 0. The summed E-state index contributed by atoms with van der Waals surface area (Å²) in [7, 11) is -14.6. The summed E-state index contributed by atoms with van der Waals surface area (Å²) in [4.78, 5) is 66.2. The van der Waals surface area contributed by atoms with Crippen molar-refractivity contribution >= 4 is 22.6 Å². The predicted octanol–water partition coefficient (Wildman–Crippen LogP) is -0.648. The lowest BCUT2D eigenvalue weighted by Crippen LogP contribution is -2.33. The van der Waals surface area contributed by atoms with Crippen LogP contribution >= 0.6 is 22.6 Å². The molecule has 0 spiro atoms. The number of aromatic nitrogens is 2. The van der Waals surface area contributed by atoms with E-state index in [0.717, 1.165) is 10.8 Å². The maximum atomic E-state index is 12.3. The molecule has 0 saturated carbocycles. The first-order chi connectivity index (χ1) is 16.7. The van der Waals surface area contributed by atoms with Crippen molar-refractivity contribution in [2.24, 2.45) is 10.8 Å². The first-order valence-corrected chi connectivity index (χ1v) is 15.4. The maximum Gasteiger partial charge on any atom is 0.337 e. The van der Waals surface area contributed by atoms with Gasteiger partial charge in [0.15, 0.2) is 0 Å². The fourth-order valence-corrected chi connectivity index (χ4v) is 9.53. The van der Waals surface area contributed by atoms with E-state index in [1.54, 1.807) is 0 Å². The van der Waals surface area contributed by atoms with Crippen molar-refractivity contribution in [2.45, 2.75) is 24.9 Å². The van der Waals surface area contributed by atoms with Crippen LogP contribution in [0.5, 0.6) is 0 Å². The molecule has 5 atom stereocenters. The number of H-pyrrole nitrogens is 1. The molecule has 200 valence electrons. The standard InChI is InChI=1S/C15H23N6O12P3/c16-3-1-2-10-5-21(15(23)19-14(10)22)13-4-11(31-7-18-20-17)12(33-13)6-32-36(29,30)9-34(24,25)8-35(26,27)28/h5,11-13H,3-4,6-9,16H2,(H,24,25)(H,29,30)(H,19,22,23)(H2,26,27,28). The van der Waals surface area contributed by atoms with E-state index >= 15 is 0 Å². The van der Waals surface area contributed by atoms with Crippen LogP contribution in [0.15, 0.2) is 20.9 Å².